The molecule has 2 aromatic rings. The molecule has 0 aliphatic rings. The summed E-state index contributed by atoms with van der Waals surface area (Å²) in [4.78, 5) is 8.48. The average Bonchev–Trinajstić information content (AvgIpc) is 2.59. The van der Waals surface area contributed by atoms with Gasteiger partial charge >= 0.3 is 0 Å². The molecule has 6 heteroatoms. The molecule has 0 aliphatic heterocycles. The van der Waals surface area contributed by atoms with Crippen molar-refractivity contribution < 1.29 is 9.47 Å². The van der Waals surface area contributed by atoms with Gasteiger partial charge in [0.2, 0.25) is 0 Å². The van der Waals surface area contributed by atoms with E-state index in [1.807, 2.05) is 24.3 Å². The Hall–Kier alpha value is -2.50. The number of aromatic nitrogens is 2. The van der Waals surface area contributed by atoms with Crippen molar-refractivity contribution in [1.29, 1.82) is 0 Å². The van der Waals surface area contributed by atoms with Gasteiger partial charge in [0.15, 0.2) is 11.5 Å². The highest BCUT2D eigenvalue weighted by Gasteiger charge is 2.05. The summed E-state index contributed by atoms with van der Waals surface area (Å²) >= 11 is 0. The first kappa shape index (κ1) is 16.9. The molecule has 23 heavy (non-hydrogen) atoms. The predicted molar refractivity (Wildman–Crippen MR) is 92.9 cm³/mol. The van der Waals surface area contributed by atoms with Crippen molar-refractivity contribution in [2.45, 2.75) is 26.2 Å². The fraction of sp³-hybridized carbons (Fsp3) is 0.412. The molecular formula is C17H24N4O2. The standard InChI is InChI=1S/C17H24N4O2/c1-4-5-6-9-18-16-11-17(20-12-19-16)21-13-7-8-14(22-2)15(10-13)23-3/h7-8,10-12H,4-6,9H2,1-3H3,(H2,18,19,20,21). The van der Waals surface area contributed by atoms with Crippen LogP contribution in [0, 0.1) is 0 Å². The van der Waals surface area contributed by atoms with E-state index in [-0.39, 0.29) is 0 Å². The van der Waals surface area contributed by atoms with Crippen LogP contribution >= 0.6 is 0 Å². The van der Waals surface area contributed by atoms with E-state index < -0.39 is 0 Å². The molecule has 6 nitrogen and oxygen atoms in total. The van der Waals surface area contributed by atoms with Crippen molar-refractivity contribution in [1.82, 2.24) is 9.97 Å². The minimum atomic E-state index is 0.671. The van der Waals surface area contributed by atoms with E-state index in [0.717, 1.165) is 30.3 Å². The highest BCUT2D eigenvalue weighted by molar-refractivity contribution is 5.62. The van der Waals surface area contributed by atoms with Crippen molar-refractivity contribution >= 4 is 17.3 Å². The van der Waals surface area contributed by atoms with Gasteiger partial charge in [0.1, 0.15) is 18.0 Å². The topological polar surface area (TPSA) is 68.3 Å². The zero-order valence-electron chi connectivity index (χ0n) is 13.9. The number of hydrogen-bond acceptors (Lipinski definition) is 6. The summed E-state index contributed by atoms with van der Waals surface area (Å²) in [7, 11) is 3.23. The number of ether oxygens (including phenoxy) is 2. The number of benzene rings is 1. The zero-order valence-corrected chi connectivity index (χ0v) is 13.9. The summed E-state index contributed by atoms with van der Waals surface area (Å²) in [5, 5.41) is 6.56. The molecule has 0 saturated heterocycles. The van der Waals surface area contributed by atoms with E-state index in [0.29, 0.717) is 11.5 Å². The summed E-state index contributed by atoms with van der Waals surface area (Å²) in [6.07, 6.45) is 5.11. The van der Waals surface area contributed by atoms with Gasteiger partial charge in [-0.15, -0.1) is 0 Å². The van der Waals surface area contributed by atoms with E-state index >= 15 is 0 Å². The molecule has 0 bridgehead atoms. The summed E-state index contributed by atoms with van der Waals surface area (Å²) in [6.45, 7) is 3.11. The number of anilines is 3. The fourth-order valence-corrected chi connectivity index (χ4v) is 2.18. The predicted octanol–water partition coefficient (Wildman–Crippen LogP) is 3.84. The third-order valence-corrected chi connectivity index (χ3v) is 3.41. The first-order valence-corrected chi connectivity index (χ1v) is 7.81. The maximum atomic E-state index is 5.30. The molecule has 2 rings (SSSR count). The Bertz CT molecular complexity index is 619. The molecule has 0 aliphatic carbocycles. The van der Waals surface area contributed by atoms with Gasteiger partial charge in [-0.05, 0) is 18.6 Å². The fourth-order valence-electron chi connectivity index (χ4n) is 2.18. The molecule has 0 unspecified atom stereocenters. The third kappa shape index (κ3) is 5.02. The highest BCUT2D eigenvalue weighted by atomic mass is 16.5. The minimum Gasteiger partial charge on any atom is -0.493 e. The largest absolute Gasteiger partial charge is 0.493 e. The van der Waals surface area contributed by atoms with Gasteiger partial charge in [0, 0.05) is 24.4 Å². The number of unbranched alkanes of at least 4 members (excludes halogenated alkanes) is 2. The summed E-state index contributed by atoms with van der Waals surface area (Å²) < 4.78 is 10.5. The van der Waals surface area contributed by atoms with E-state index in [1.54, 1.807) is 20.5 Å². The monoisotopic (exact) mass is 316 g/mol. The minimum absolute atomic E-state index is 0.671. The highest BCUT2D eigenvalue weighted by Crippen LogP contribution is 2.30. The maximum Gasteiger partial charge on any atom is 0.162 e. The summed E-state index contributed by atoms with van der Waals surface area (Å²) in [5.41, 5.74) is 0.873. The number of nitrogens with zero attached hydrogens (tertiary/aromatic N) is 2. The van der Waals surface area contributed by atoms with E-state index in [4.69, 9.17) is 9.47 Å². The van der Waals surface area contributed by atoms with E-state index in [9.17, 15) is 0 Å². The number of rotatable bonds is 9. The second-order valence-electron chi connectivity index (χ2n) is 5.12. The second-order valence-corrected chi connectivity index (χ2v) is 5.12. The molecule has 1 heterocycles. The molecule has 0 amide bonds. The Morgan fingerprint density at radius 1 is 0.957 bits per heavy atom. The first-order valence-electron chi connectivity index (χ1n) is 7.81. The lowest BCUT2D eigenvalue weighted by Crippen LogP contribution is -2.04. The Balaban J connectivity index is 2.02. The Morgan fingerprint density at radius 3 is 2.48 bits per heavy atom. The number of methoxy groups -OCH3 is 2. The lowest BCUT2D eigenvalue weighted by molar-refractivity contribution is 0.355. The van der Waals surface area contributed by atoms with Crippen molar-refractivity contribution in [2.75, 3.05) is 31.4 Å². The molecule has 124 valence electrons. The Morgan fingerprint density at radius 2 is 1.74 bits per heavy atom. The third-order valence-electron chi connectivity index (χ3n) is 3.41. The quantitative estimate of drug-likeness (QED) is 0.685. The van der Waals surface area contributed by atoms with Crippen LogP contribution in [0.25, 0.3) is 0 Å². The molecule has 0 fully saturated rings. The smallest absolute Gasteiger partial charge is 0.162 e. The molecule has 0 spiro atoms. The molecule has 1 aromatic heterocycles. The van der Waals surface area contributed by atoms with Gasteiger partial charge in [-0.1, -0.05) is 19.8 Å². The Labute approximate surface area is 137 Å². The average molecular weight is 316 g/mol. The van der Waals surface area contributed by atoms with Crippen LogP contribution in [0.4, 0.5) is 17.3 Å². The van der Waals surface area contributed by atoms with Crippen LogP contribution in [-0.2, 0) is 0 Å². The SMILES string of the molecule is CCCCCNc1cc(Nc2ccc(OC)c(OC)c2)ncn1. The molecular weight excluding hydrogens is 292 g/mol. The van der Waals surface area contributed by atoms with Gasteiger partial charge < -0.3 is 20.1 Å². The number of hydrogen-bond donors (Lipinski definition) is 2. The van der Waals surface area contributed by atoms with Gasteiger partial charge in [0.05, 0.1) is 14.2 Å². The maximum absolute atomic E-state index is 5.30. The summed E-state index contributed by atoms with van der Waals surface area (Å²) in [6, 6.07) is 7.53. The second kappa shape index (κ2) is 8.82. The van der Waals surface area contributed by atoms with Gasteiger partial charge in [-0.25, -0.2) is 9.97 Å². The molecule has 0 saturated carbocycles. The van der Waals surface area contributed by atoms with Crippen LogP contribution in [0.2, 0.25) is 0 Å². The van der Waals surface area contributed by atoms with Crippen molar-refractivity contribution in [3.8, 4) is 11.5 Å². The zero-order chi connectivity index (χ0) is 16.5. The van der Waals surface area contributed by atoms with Crippen LogP contribution in [0.1, 0.15) is 26.2 Å². The molecule has 2 N–H and O–H groups in total. The van der Waals surface area contributed by atoms with Crippen LogP contribution in [0.5, 0.6) is 11.5 Å². The van der Waals surface area contributed by atoms with Crippen LogP contribution < -0.4 is 20.1 Å². The molecule has 0 atom stereocenters. The Kier molecular flexibility index (Phi) is 6.47. The van der Waals surface area contributed by atoms with Crippen LogP contribution in [0.15, 0.2) is 30.6 Å². The van der Waals surface area contributed by atoms with Crippen molar-refractivity contribution in [3.63, 3.8) is 0 Å². The van der Waals surface area contributed by atoms with Gasteiger partial charge in [-0.2, -0.15) is 0 Å². The van der Waals surface area contributed by atoms with Crippen LogP contribution in [0.3, 0.4) is 0 Å². The van der Waals surface area contributed by atoms with Crippen molar-refractivity contribution in [3.05, 3.63) is 30.6 Å². The molecule has 0 radical (unpaired) electrons. The van der Waals surface area contributed by atoms with Gasteiger partial charge in [0.25, 0.3) is 0 Å². The van der Waals surface area contributed by atoms with Crippen molar-refractivity contribution in [2.24, 2.45) is 0 Å². The van der Waals surface area contributed by atoms with E-state index in [2.05, 4.69) is 27.5 Å². The lowest BCUT2D eigenvalue weighted by Gasteiger charge is -2.11. The lowest BCUT2D eigenvalue weighted by atomic mass is 10.2. The van der Waals surface area contributed by atoms with Crippen LogP contribution in [-0.4, -0.2) is 30.7 Å². The van der Waals surface area contributed by atoms with Gasteiger partial charge in [-0.3, -0.25) is 0 Å². The first-order chi connectivity index (χ1) is 11.3. The normalized spacial score (nSPS) is 10.2. The summed E-state index contributed by atoms with van der Waals surface area (Å²) in [5.74, 6) is 2.91. The number of nitrogens with one attached hydrogen (secondary N) is 2. The van der Waals surface area contributed by atoms with E-state index in [1.165, 1.54) is 12.8 Å². The molecule has 1 aromatic carbocycles.